The van der Waals surface area contributed by atoms with Gasteiger partial charge in [0.25, 0.3) is 0 Å². The molecule has 0 aromatic heterocycles. The lowest BCUT2D eigenvalue weighted by atomic mass is 10.0. The highest BCUT2D eigenvalue weighted by Crippen LogP contribution is 2.25. The summed E-state index contributed by atoms with van der Waals surface area (Å²) in [4.78, 5) is 2.26. The van der Waals surface area contributed by atoms with Crippen LogP contribution in [0.25, 0.3) is 0 Å². The van der Waals surface area contributed by atoms with E-state index in [0.29, 0.717) is 6.54 Å². The highest BCUT2D eigenvalue weighted by atomic mass is 15.1. The van der Waals surface area contributed by atoms with Gasteiger partial charge in [0.2, 0.25) is 0 Å². The Kier molecular flexibility index (Phi) is 4.80. The van der Waals surface area contributed by atoms with Crippen molar-refractivity contribution >= 4 is 5.69 Å². The van der Waals surface area contributed by atoms with Gasteiger partial charge < -0.3 is 10.6 Å². The lowest BCUT2D eigenvalue weighted by Gasteiger charge is -2.30. The van der Waals surface area contributed by atoms with Crippen molar-refractivity contribution in [2.75, 3.05) is 18.5 Å². The van der Waals surface area contributed by atoms with Gasteiger partial charge in [0.15, 0.2) is 0 Å². The van der Waals surface area contributed by atoms with Gasteiger partial charge >= 0.3 is 0 Å². The van der Waals surface area contributed by atoms with E-state index in [1.54, 1.807) is 0 Å². The fourth-order valence-corrected chi connectivity index (χ4v) is 2.52. The van der Waals surface area contributed by atoms with Crippen molar-refractivity contribution < 1.29 is 0 Å². The predicted octanol–water partition coefficient (Wildman–Crippen LogP) is 3.69. The Hall–Kier alpha value is -1.80. The predicted molar refractivity (Wildman–Crippen MR) is 87.2 cm³/mol. The smallest absolute Gasteiger partial charge is 0.0661 e. The molecule has 0 aliphatic rings. The summed E-state index contributed by atoms with van der Waals surface area (Å²) >= 11 is 0. The number of anilines is 1. The molecule has 0 radical (unpaired) electrons. The Morgan fingerprint density at radius 1 is 1.10 bits per heavy atom. The van der Waals surface area contributed by atoms with Crippen LogP contribution in [0, 0.1) is 6.92 Å². The van der Waals surface area contributed by atoms with Crippen LogP contribution in [0.5, 0.6) is 0 Å². The van der Waals surface area contributed by atoms with Gasteiger partial charge in [0.05, 0.1) is 6.04 Å². The third-order valence-electron chi connectivity index (χ3n) is 3.87. The summed E-state index contributed by atoms with van der Waals surface area (Å²) in [5.74, 6) is 0. The van der Waals surface area contributed by atoms with E-state index in [0.717, 1.165) is 6.42 Å². The van der Waals surface area contributed by atoms with E-state index in [-0.39, 0.29) is 6.04 Å². The minimum atomic E-state index is 0.211. The van der Waals surface area contributed by atoms with Crippen molar-refractivity contribution in [2.24, 2.45) is 5.73 Å². The summed E-state index contributed by atoms with van der Waals surface area (Å²) in [6, 6.07) is 17.5. The van der Waals surface area contributed by atoms with Gasteiger partial charge in [0.1, 0.15) is 0 Å². The van der Waals surface area contributed by atoms with Gasteiger partial charge in [-0.2, -0.15) is 0 Å². The number of nitrogens with zero attached hydrogens (tertiary/aromatic N) is 1. The number of likely N-dealkylation sites (N-methyl/N-ethyl adjacent to an activating group) is 1. The van der Waals surface area contributed by atoms with Crippen LogP contribution in [0.15, 0.2) is 48.5 Å². The number of rotatable bonds is 5. The summed E-state index contributed by atoms with van der Waals surface area (Å²) < 4.78 is 0. The lowest BCUT2D eigenvalue weighted by molar-refractivity contribution is 0.680. The molecule has 2 heteroatoms. The van der Waals surface area contributed by atoms with E-state index >= 15 is 0 Å². The molecule has 20 heavy (non-hydrogen) atoms. The third kappa shape index (κ3) is 3.20. The van der Waals surface area contributed by atoms with Crippen LogP contribution in [0.4, 0.5) is 5.69 Å². The average Bonchev–Trinajstić information content (AvgIpc) is 2.48. The molecule has 2 aromatic carbocycles. The molecule has 0 saturated heterocycles. The Morgan fingerprint density at radius 2 is 1.80 bits per heavy atom. The van der Waals surface area contributed by atoms with Crippen LogP contribution < -0.4 is 10.6 Å². The van der Waals surface area contributed by atoms with Gasteiger partial charge in [-0.1, -0.05) is 43.3 Å². The Bertz CT molecular complexity index is 546. The van der Waals surface area contributed by atoms with E-state index < -0.39 is 0 Å². The molecule has 1 unspecified atom stereocenters. The Balaban J connectivity index is 2.26. The molecule has 106 valence electrons. The number of aryl methyl sites for hydroxylation is 2. The summed E-state index contributed by atoms with van der Waals surface area (Å²) in [6.07, 6.45) is 1.07. The number of hydrogen-bond donors (Lipinski definition) is 1. The van der Waals surface area contributed by atoms with Crippen LogP contribution in [-0.2, 0) is 6.42 Å². The normalized spacial score (nSPS) is 12.2. The lowest BCUT2D eigenvalue weighted by Crippen LogP contribution is -2.30. The largest absolute Gasteiger partial charge is 0.366 e. The fourth-order valence-electron chi connectivity index (χ4n) is 2.52. The van der Waals surface area contributed by atoms with Crippen molar-refractivity contribution in [1.29, 1.82) is 0 Å². The van der Waals surface area contributed by atoms with Gasteiger partial charge in [-0.25, -0.2) is 0 Å². The molecular formula is C18H24N2. The highest BCUT2D eigenvalue weighted by molar-refractivity contribution is 5.50. The van der Waals surface area contributed by atoms with Gasteiger partial charge in [-0.05, 0) is 42.2 Å². The van der Waals surface area contributed by atoms with Crippen LogP contribution >= 0.6 is 0 Å². The van der Waals surface area contributed by atoms with E-state index in [2.05, 4.69) is 74.3 Å². The van der Waals surface area contributed by atoms with Gasteiger partial charge in [0, 0.05) is 19.3 Å². The molecule has 1 atom stereocenters. The minimum Gasteiger partial charge on any atom is -0.366 e. The maximum absolute atomic E-state index is 6.01. The second kappa shape index (κ2) is 6.58. The first-order valence-corrected chi connectivity index (χ1v) is 7.24. The second-order valence-electron chi connectivity index (χ2n) is 5.30. The third-order valence-corrected chi connectivity index (χ3v) is 3.87. The molecule has 2 aromatic rings. The molecule has 0 amide bonds. The standard InChI is InChI=1S/C18H24N2/c1-4-15-8-10-16(11-9-15)18(13-19)20(3)17-7-5-6-14(2)12-17/h5-12,18H,4,13,19H2,1-3H3. The molecule has 0 saturated carbocycles. The monoisotopic (exact) mass is 268 g/mol. The summed E-state index contributed by atoms with van der Waals surface area (Å²) in [6.45, 7) is 4.90. The van der Waals surface area contributed by atoms with Crippen molar-refractivity contribution in [2.45, 2.75) is 26.3 Å². The minimum absolute atomic E-state index is 0.211. The zero-order valence-electron chi connectivity index (χ0n) is 12.6. The van der Waals surface area contributed by atoms with Gasteiger partial charge in [-0.15, -0.1) is 0 Å². The highest BCUT2D eigenvalue weighted by Gasteiger charge is 2.15. The topological polar surface area (TPSA) is 29.3 Å². The van der Waals surface area contributed by atoms with Crippen LogP contribution in [-0.4, -0.2) is 13.6 Å². The molecule has 2 rings (SSSR count). The second-order valence-corrected chi connectivity index (χ2v) is 5.30. The molecule has 0 bridgehead atoms. The van der Waals surface area contributed by atoms with Crippen molar-refractivity contribution in [3.05, 3.63) is 65.2 Å². The van der Waals surface area contributed by atoms with E-state index in [9.17, 15) is 0 Å². The zero-order valence-corrected chi connectivity index (χ0v) is 12.6. The van der Waals surface area contributed by atoms with Crippen LogP contribution in [0.3, 0.4) is 0 Å². The Labute approximate surface area is 122 Å². The van der Waals surface area contributed by atoms with Crippen molar-refractivity contribution in [3.8, 4) is 0 Å². The molecule has 0 aliphatic heterocycles. The zero-order chi connectivity index (χ0) is 14.5. The van der Waals surface area contributed by atoms with E-state index in [1.807, 2.05) is 0 Å². The van der Waals surface area contributed by atoms with Gasteiger partial charge in [-0.3, -0.25) is 0 Å². The van der Waals surface area contributed by atoms with E-state index in [4.69, 9.17) is 5.73 Å². The fraction of sp³-hybridized carbons (Fsp3) is 0.333. The molecule has 0 fully saturated rings. The molecule has 0 aliphatic carbocycles. The molecule has 2 nitrogen and oxygen atoms in total. The molecule has 0 spiro atoms. The van der Waals surface area contributed by atoms with Crippen molar-refractivity contribution in [3.63, 3.8) is 0 Å². The number of hydrogen-bond acceptors (Lipinski definition) is 2. The van der Waals surface area contributed by atoms with E-state index in [1.165, 1.54) is 22.4 Å². The SMILES string of the molecule is CCc1ccc(C(CN)N(C)c2cccc(C)c2)cc1. The first kappa shape index (κ1) is 14.6. The number of benzene rings is 2. The van der Waals surface area contributed by atoms with Crippen molar-refractivity contribution in [1.82, 2.24) is 0 Å². The quantitative estimate of drug-likeness (QED) is 0.896. The van der Waals surface area contributed by atoms with Crippen LogP contribution in [0.1, 0.15) is 29.7 Å². The summed E-state index contributed by atoms with van der Waals surface area (Å²) in [5.41, 5.74) is 11.1. The number of nitrogens with two attached hydrogens (primary N) is 1. The van der Waals surface area contributed by atoms with Crippen LogP contribution in [0.2, 0.25) is 0 Å². The molecule has 2 N–H and O–H groups in total. The summed E-state index contributed by atoms with van der Waals surface area (Å²) in [7, 11) is 2.11. The first-order chi connectivity index (χ1) is 9.65. The Morgan fingerprint density at radius 3 is 2.35 bits per heavy atom. The first-order valence-electron chi connectivity index (χ1n) is 7.24. The average molecular weight is 268 g/mol. The molecule has 0 heterocycles. The summed E-state index contributed by atoms with van der Waals surface area (Å²) in [5, 5.41) is 0. The molecular weight excluding hydrogens is 244 g/mol. The maximum atomic E-state index is 6.01. The maximum Gasteiger partial charge on any atom is 0.0661 e.